The van der Waals surface area contributed by atoms with Crippen molar-refractivity contribution in [2.24, 2.45) is 0 Å². The molecule has 0 fully saturated rings. The van der Waals surface area contributed by atoms with Crippen molar-refractivity contribution in [2.75, 3.05) is 0 Å². The maximum atomic E-state index is 9.90. The Morgan fingerprint density at radius 2 is 1.56 bits per heavy atom. The van der Waals surface area contributed by atoms with Gasteiger partial charge in [-0.1, -0.05) is 30.3 Å². The lowest BCUT2D eigenvalue weighted by atomic mass is 9.99. The van der Waals surface area contributed by atoms with Gasteiger partial charge in [-0.2, -0.15) is 0 Å². The van der Waals surface area contributed by atoms with Gasteiger partial charge in [0.25, 0.3) is 0 Å². The predicted molar refractivity (Wildman–Crippen MR) is 67.8 cm³/mol. The van der Waals surface area contributed by atoms with E-state index in [4.69, 9.17) is 0 Å². The molecule has 0 radical (unpaired) electrons. The fourth-order valence-corrected chi connectivity index (χ4v) is 1.79. The molecule has 1 nitrogen and oxygen atoms in total. The summed E-state index contributed by atoms with van der Waals surface area (Å²) >= 11 is 0. The van der Waals surface area contributed by atoms with Gasteiger partial charge in [-0.15, -0.1) is 0 Å². The first-order valence-corrected chi connectivity index (χ1v) is 5.45. The lowest BCUT2D eigenvalue weighted by molar-refractivity contribution is 0.477. The molecule has 0 spiro atoms. The zero-order chi connectivity index (χ0) is 11.7. The van der Waals surface area contributed by atoms with E-state index in [1.54, 1.807) is 6.07 Å². The smallest absolute Gasteiger partial charge is 0.123 e. The summed E-state index contributed by atoms with van der Waals surface area (Å²) in [5.74, 6) is 0.350. The highest BCUT2D eigenvalue weighted by Gasteiger charge is 2.05. The van der Waals surface area contributed by atoms with E-state index in [9.17, 15) is 5.11 Å². The lowest BCUT2D eigenvalue weighted by Gasteiger charge is -2.08. The molecular weight excluding hydrogens is 196 g/mol. The Kier molecular flexibility index (Phi) is 2.69. The summed E-state index contributed by atoms with van der Waals surface area (Å²) in [5.41, 5.74) is 5.56. The molecule has 1 N–H and O–H groups in total. The van der Waals surface area contributed by atoms with Crippen molar-refractivity contribution < 1.29 is 5.11 Å². The molecule has 0 aliphatic rings. The van der Waals surface area contributed by atoms with E-state index in [1.807, 2.05) is 25.1 Å². The first kappa shape index (κ1) is 10.7. The van der Waals surface area contributed by atoms with Crippen molar-refractivity contribution in [1.29, 1.82) is 0 Å². The number of rotatable bonds is 1. The van der Waals surface area contributed by atoms with E-state index >= 15 is 0 Å². The van der Waals surface area contributed by atoms with E-state index in [0.717, 1.165) is 16.7 Å². The van der Waals surface area contributed by atoms with Crippen LogP contribution >= 0.6 is 0 Å². The highest BCUT2D eigenvalue weighted by Crippen LogP contribution is 2.30. The summed E-state index contributed by atoms with van der Waals surface area (Å²) < 4.78 is 0. The monoisotopic (exact) mass is 212 g/mol. The molecule has 2 rings (SSSR count). The predicted octanol–water partition coefficient (Wildman–Crippen LogP) is 3.98. The molecule has 0 aliphatic heterocycles. The van der Waals surface area contributed by atoms with Gasteiger partial charge < -0.3 is 5.11 Å². The van der Waals surface area contributed by atoms with Gasteiger partial charge in [-0.25, -0.2) is 0 Å². The van der Waals surface area contributed by atoms with Crippen LogP contribution in [0, 0.1) is 20.8 Å². The molecule has 0 saturated heterocycles. The third-order valence-electron chi connectivity index (χ3n) is 2.97. The summed E-state index contributed by atoms with van der Waals surface area (Å²) in [4.78, 5) is 0. The summed E-state index contributed by atoms with van der Waals surface area (Å²) in [6.45, 7) is 6.15. The van der Waals surface area contributed by atoms with Crippen molar-refractivity contribution in [1.82, 2.24) is 0 Å². The highest BCUT2D eigenvalue weighted by atomic mass is 16.3. The standard InChI is InChI=1S/C15H16O/c1-10-4-7-14(15(16)8-10)13-6-5-11(2)12(3)9-13/h4-9,16H,1-3H3. The first-order valence-electron chi connectivity index (χ1n) is 5.45. The molecule has 0 aromatic heterocycles. The molecule has 0 bridgehead atoms. The maximum absolute atomic E-state index is 9.90. The number of phenolic OH excluding ortho intramolecular Hbond substituents is 1. The highest BCUT2D eigenvalue weighted by molar-refractivity contribution is 5.71. The summed E-state index contributed by atoms with van der Waals surface area (Å²) in [6, 6.07) is 12.0. The number of phenols is 1. The molecule has 0 aliphatic carbocycles. The van der Waals surface area contributed by atoms with Crippen LogP contribution < -0.4 is 0 Å². The molecule has 0 heterocycles. The first-order chi connectivity index (χ1) is 7.58. The van der Waals surface area contributed by atoms with Gasteiger partial charge in [-0.05, 0) is 49.1 Å². The number of benzene rings is 2. The summed E-state index contributed by atoms with van der Waals surface area (Å²) in [6.07, 6.45) is 0. The topological polar surface area (TPSA) is 20.2 Å². The van der Waals surface area contributed by atoms with Gasteiger partial charge >= 0.3 is 0 Å². The van der Waals surface area contributed by atoms with E-state index in [2.05, 4.69) is 26.0 Å². The Morgan fingerprint density at radius 3 is 2.19 bits per heavy atom. The van der Waals surface area contributed by atoms with Crippen LogP contribution in [0.3, 0.4) is 0 Å². The van der Waals surface area contributed by atoms with Crippen molar-refractivity contribution in [3.05, 3.63) is 53.1 Å². The van der Waals surface area contributed by atoms with Gasteiger partial charge in [0.2, 0.25) is 0 Å². The zero-order valence-corrected chi connectivity index (χ0v) is 9.91. The molecular formula is C15H16O. The van der Waals surface area contributed by atoms with Gasteiger partial charge in [0.05, 0.1) is 0 Å². The number of aromatic hydroxyl groups is 1. The Balaban J connectivity index is 2.54. The van der Waals surface area contributed by atoms with Gasteiger partial charge in [0.15, 0.2) is 0 Å². The molecule has 2 aromatic rings. The summed E-state index contributed by atoms with van der Waals surface area (Å²) in [7, 11) is 0. The molecule has 0 unspecified atom stereocenters. The van der Waals surface area contributed by atoms with Crippen LogP contribution in [0.2, 0.25) is 0 Å². The van der Waals surface area contributed by atoms with Gasteiger partial charge in [0, 0.05) is 5.56 Å². The van der Waals surface area contributed by atoms with Gasteiger partial charge in [-0.3, -0.25) is 0 Å². The van der Waals surface area contributed by atoms with E-state index in [-0.39, 0.29) is 0 Å². The number of aryl methyl sites for hydroxylation is 3. The fraction of sp³-hybridized carbons (Fsp3) is 0.200. The van der Waals surface area contributed by atoms with Gasteiger partial charge in [0.1, 0.15) is 5.75 Å². The fourth-order valence-electron chi connectivity index (χ4n) is 1.79. The second-order valence-electron chi connectivity index (χ2n) is 4.32. The SMILES string of the molecule is Cc1ccc(-c2ccc(C)c(C)c2)c(O)c1. The van der Waals surface area contributed by atoms with Crippen molar-refractivity contribution in [3.8, 4) is 16.9 Å². The van der Waals surface area contributed by atoms with Crippen molar-refractivity contribution in [3.63, 3.8) is 0 Å². The third kappa shape index (κ3) is 1.94. The Morgan fingerprint density at radius 1 is 0.812 bits per heavy atom. The second-order valence-corrected chi connectivity index (χ2v) is 4.32. The van der Waals surface area contributed by atoms with Crippen LogP contribution in [0.5, 0.6) is 5.75 Å². The molecule has 0 amide bonds. The minimum Gasteiger partial charge on any atom is -0.507 e. The minimum absolute atomic E-state index is 0.350. The Bertz CT molecular complexity index is 527. The normalized spacial score (nSPS) is 10.4. The van der Waals surface area contributed by atoms with E-state index < -0.39 is 0 Å². The molecule has 0 saturated carbocycles. The van der Waals surface area contributed by atoms with Crippen LogP contribution in [-0.4, -0.2) is 5.11 Å². The molecule has 1 heteroatoms. The third-order valence-corrected chi connectivity index (χ3v) is 2.97. The number of hydrogen-bond acceptors (Lipinski definition) is 1. The van der Waals surface area contributed by atoms with Crippen molar-refractivity contribution >= 4 is 0 Å². The minimum atomic E-state index is 0.350. The van der Waals surface area contributed by atoms with E-state index in [1.165, 1.54) is 11.1 Å². The molecule has 2 aromatic carbocycles. The van der Waals surface area contributed by atoms with Crippen LogP contribution in [0.4, 0.5) is 0 Å². The maximum Gasteiger partial charge on any atom is 0.123 e. The second kappa shape index (κ2) is 4.01. The zero-order valence-electron chi connectivity index (χ0n) is 9.91. The molecule has 16 heavy (non-hydrogen) atoms. The van der Waals surface area contributed by atoms with E-state index in [0.29, 0.717) is 5.75 Å². The van der Waals surface area contributed by atoms with Crippen LogP contribution in [0.15, 0.2) is 36.4 Å². The van der Waals surface area contributed by atoms with Crippen LogP contribution in [0.1, 0.15) is 16.7 Å². The van der Waals surface area contributed by atoms with Crippen molar-refractivity contribution in [2.45, 2.75) is 20.8 Å². The largest absolute Gasteiger partial charge is 0.507 e. The summed E-state index contributed by atoms with van der Waals surface area (Å²) in [5, 5.41) is 9.90. The lowest BCUT2D eigenvalue weighted by Crippen LogP contribution is -1.84. The Hall–Kier alpha value is -1.76. The average molecular weight is 212 g/mol. The van der Waals surface area contributed by atoms with Crippen LogP contribution in [0.25, 0.3) is 11.1 Å². The molecule has 82 valence electrons. The average Bonchev–Trinajstić information content (AvgIpc) is 2.22. The quantitative estimate of drug-likeness (QED) is 0.758. The van der Waals surface area contributed by atoms with Crippen LogP contribution in [-0.2, 0) is 0 Å². The Labute approximate surface area is 96.4 Å². The molecule has 0 atom stereocenters. The number of hydrogen-bond donors (Lipinski definition) is 1.